The highest BCUT2D eigenvalue weighted by molar-refractivity contribution is 6.30. The van der Waals surface area contributed by atoms with Crippen molar-refractivity contribution in [1.82, 2.24) is 14.8 Å². The summed E-state index contributed by atoms with van der Waals surface area (Å²) in [7, 11) is 0. The Morgan fingerprint density at radius 2 is 1.79 bits per heavy atom. The molecule has 2 aromatic rings. The van der Waals surface area contributed by atoms with Crippen LogP contribution in [0.5, 0.6) is 0 Å². The molecule has 10 heteroatoms. The summed E-state index contributed by atoms with van der Waals surface area (Å²) in [5.41, 5.74) is 1.59. The number of rotatable bonds is 6. The van der Waals surface area contributed by atoms with Crippen LogP contribution in [-0.2, 0) is 19.7 Å². The van der Waals surface area contributed by atoms with Gasteiger partial charge >= 0.3 is 5.97 Å². The summed E-state index contributed by atoms with van der Waals surface area (Å²) in [6, 6.07) is 8.27. The number of hydrogen-bond donors (Lipinski definition) is 0. The van der Waals surface area contributed by atoms with Crippen LogP contribution in [0.2, 0.25) is 5.02 Å². The molecule has 0 spiro atoms. The number of aromatic nitrogens is 1. The zero-order chi connectivity index (χ0) is 27.8. The van der Waals surface area contributed by atoms with Crippen molar-refractivity contribution < 1.29 is 23.5 Å². The number of anilines is 2. The van der Waals surface area contributed by atoms with Gasteiger partial charge in [0.15, 0.2) is 0 Å². The lowest BCUT2D eigenvalue weighted by atomic mass is 9.91. The fourth-order valence-electron chi connectivity index (χ4n) is 5.21. The van der Waals surface area contributed by atoms with Crippen LogP contribution in [-0.4, -0.2) is 70.9 Å². The number of pyridine rings is 1. The second kappa shape index (κ2) is 10.5. The number of hydrogen-bond acceptors (Lipinski definition) is 6. The van der Waals surface area contributed by atoms with Gasteiger partial charge in [0, 0.05) is 43.7 Å². The molecule has 0 radical (unpaired) electrons. The van der Waals surface area contributed by atoms with E-state index in [0.29, 0.717) is 37.6 Å². The molecule has 8 nitrogen and oxygen atoms in total. The molecule has 1 saturated heterocycles. The van der Waals surface area contributed by atoms with Crippen LogP contribution < -0.4 is 4.90 Å². The molecule has 3 heterocycles. The standard InChI is InChI=1S/C28H34ClFN4O4/c1-6-38-24(36)12-11-23(35)32-13-14-34(28(4,5)17-32)26(37)21-9-10-22-25(31-21)27(2,3)16-33(22)18-7-8-19(29)20(30)15-18/h7-10,15H,6,11-14,16-17H2,1-5H3. The van der Waals surface area contributed by atoms with Crippen molar-refractivity contribution in [1.29, 1.82) is 0 Å². The molecule has 38 heavy (non-hydrogen) atoms. The minimum Gasteiger partial charge on any atom is -0.466 e. The molecule has 2 amide bonds. The van der Waals surface area contributed by atoms with Crippen LogP contribution in [0.1, 0.15) is 63.6 Å². The quantitative estimate of drug-likeness (QED) is 0.490. The zero-order valence-electron chi connectivity index (χ0n) is 22.5. The van der Waals surface area contributed by atoms with Crippen LogP contribution >= 0.6 is 11.6 Å². The van der Waals surface area contributed by atoms with Gasteiger partial charge in [-0.3, -0.25) is 14.4 Å². The van der Waals surface area contributed by atoms with Gasteiger partial charge in [-0.15, -0.1) is 0 Å². The van der Waals surface area contributed by atoms with Crippen LogP contribution in [0.15, 0.2) is 30.3 Å². The van der Waals surface area contributed by atoms with Gasteiger partial charge in [0.25, 0.3) is 5.91 Å². The molecule has 0 atom stereocenters. The fraction of sp³-hybridized carbons (Fsp3) is 0.500. The third-order valence-corrected chi connectivity index (χ3v) is 7.45. The Morgan fingerprint density at radius 3 is 2.45 bits per heavy atom. The average molecular weight is 545 g/mol. The van der Waals surface area contributed by atoms with Crippen LogP contribution in [0, 0.1) is 5.82 Å². The third-order valence-electron chi connectivity index (χ3n) is 7.14. The number of carbonyl (C=O) groups excluding carboxylic acids is 3. The summed E-state index contributed by atoms with van der Waals surface area (Å²) in [5.74, 6) is -1.22. The summed E-state index contributed by atoms with van der Waals surface area (Å²) >= 11 is 5.87. The predicted molar refractivity (Wildman–Crippen MR) is 143 cm³/mol. The Bertz CT molecular complexity index is 1270. The Labute approximate surface area is 227 Å². The Balaban J connectivity index is 1.50. The second-order valence-electron chi connectivity index (χ2n) is 11.0. The molecular formula is C28H34ClFN4O4. The Hall–Kier alpha value is -3.20. The number of amides is 2. The summed E-state index contributed by atoms with van der Waals surface area (Å²) in [6.07, 6.45) is 0.124. The SMILES string of the molecule is CCOC(=O)CCC(=O)N1CCN(C(=O)c2ccc3c(n2)C(C)(C)CN3c2ccc(Cl)c(F)c2)C(C)(C)C1. The minimum atomic E-state index is -0.627. The van der Waals surface area contributed by atoms with E-state index in [1.165, 1.54) is 12.1 Å². The Morgan fingerprint density at radius 1 is 1.05 bits per heavy atom. The van der Waals surface area contributed by atoms with E-state index in [2.05, 4.69) is 0 Å². The monoisotopic (exact) mass is 544 g/mol. The number of ether oxygens (including phenoxy) is 1. The van der Waals surface area contributed by atoms with E-state index in [4.69, 9.17) is 21.3 Å². The highest BCUT2D eigenvalue weighted by Crippen LogP contribution is 2.44. The van der Waals surface area contributed by atoms with Gasteiger partial charge in [0.1, 0.15) is 11.5 Å². The molecule has 2 aliphatic heterocycles. The van der Waals surface area contributed by atoms with E-state index in [-0.39, 0.29) is 47.7 Å². The predicted octanol–water partition coefficient (Wildman–Crippen LogP) is 4.71. The number of halogens is 2. The summed E-state index contributed by atoms with van der Waals surface area (Å²) < 4.78 is 19.1. The summed E-state index contributed by atoms with van der Waals surface area (Å²) in [5, 5.41) is 0.0647. The maximum atomic E-state index is 14.2. The molecule has 0 aliphatic carbocycles. The van der Waals surface area contributed by atoms with Crippen LogP contribution in [0.3, 0.4) is 0 Å². The zero-order valence-corrected chi connectivity index (χ0v) is 23.3. The molecule has 204 valence electrons. The van der Waals surface area contributed by atoms with Gasteiger partial charge in [0.2, 0.25) is 5.91 Å². The number of esters is 1. The normalized spacial score (nSPS) is 17.8. The molecule has 1 fully saturated rings. The fourth-order valence-corrected chi connectivity index (χ4v) is 5.33. The van der Waals surface area contributed by atoms with E-state index in [1.54, 1.807) is 28.9 Å². The average Bonchev–Trinajstić information content (AvgIpc) is 3.13. The van der Waals surface area contributed by atoms with Crippen molar-refractivity contribution in [2.24, 2.45) is 0 Å². The molecule has 1 aromatic heterocycles. The minimum absolute atomic E-state index is 0.0424. The summed E-state index contributed by atoms with van der Waals surface area (Å²) in [6.45, 7) is 11.6. The second-order valence-corrected chi connectivity index (χ2v) is 11.4. The number of nitrogens with zero attached hydrogens (tertiary/aromatic N) is 4. The van der Waals surface area contributed by atoms with Crippen LogP contribution in [0.25, 0.3) is 0 Å². The highest BCUT2D eigenvalue weighted by atomic mass is 35.5. The van der Waals surface area contributed by atoms with Gasteiger partial charge in [-0.05, 0) is 51.1 Å². The van der Waals surface area contributed by atoms with E-state index >= 15 is 0 Å². The molecular weight excluding hydrogens is 511 g/mol. The topological polar surface area (TPSA) is 83.1 Å². The van der Waals surface area contributed by atoms with Gasteiger partial charge in [-0.25, -0.2) is 9.37 Å². The first-order valence-corrected chi connectivity index (χ1v) is 13.2. The first-order chi connectivity index (χ1) is 17.8. The maximum Gasteiger partial charge on any atom is 0.306 e. The van der Waals surface area contributed by atoms with Crippen molar-refractivity contribution in [3.8, 4) is 0 Å². The van der Waals surface area contributed by atoms with Gasteiger partial charge in [0.05, 0.1) is 35.0 Å². The molecule has 0 unspecified atom stereocenters. The lowest BCUT2D eigenvalue weighted by molar-refractivity contribution is -0.146. The number of fused-ring (bicyclic) bond motifs is 1. The molecule has 1 aromatic carbocycles. The van der Waals surface area contributed by atoms with Crippen molar-refractivity contribution in [3.63, 3.8) is 0 Å². The van der Waals surface area contributed by atoms with Crippen molar-refractivity contribution in [2.75, 3.05) is 37.7 Å². The van der Waals surface area contributed by atoms with Crippen LogP contribution in [0.4, 0.5) is 15.8 Å². The van der Waals surface area contributed by atoms with Gasteiger partial charge in [-0.2, -0.15) is 0 Å². The Kier molecular flexibility index (Phi) is 7.70. The number of piperazine rings is 1. The smallest absolute Gasteiger partial charge is 0.306 e. The summed E-state index contributed by atoms with van der Waals surface area (Å²) in [4.78, 5) is 48.2. The van der Waals surface area contributed by atoms with E-state index in [1.807, 2.05) is 38.7 Å². The van der Waals surface area contributed by atoms with Crippen molar-refractivity contribution >= 4 is 40.8 Å². The largest absolute Gasteiger partial charge is 0.466 e. The first kappa shape index (κ1) is 27.8. The highest BCUT2D eigenvalue weighted by Gasteiger charge is 2.41. The van der Waals surface area contributed by atoms with Gasteiger partial charge < -0.3 is 19.4 Å². The van der Waals surface area contributed by atoms with Crippen molar-refractivity contribution in [3.05, 3.63) is 52.6 Å². The van der Waals surface area contributed by atoms with E-state index in [0.717, 1.165) is 11.4 Å². The lowest BCUT2D eigenvalue weighted by Crippen LogP contribution is -2.62. The third kappa shape index (κ3) is 5.48. The van der Waals surface area contributed by atoms with Gasteiger partial charge in [-0.1, -0.05) is 25.4 Å². The number of carbonyl (C=O) groups is 3. The molecule has 2 aliphatic rings. The molecule has 0 N–H and O–H groups in total. The van der Waals surface area contributed by atoms with E-state index in [9.17, 15) is 18.8 Å². The maximum absolute atomic E-state index is 14.2. The molecule has 0 bridgehead atoms. The first-order valence-electron chi connectivity index (χ1n) is 12.8. The number of benzene rings is 1. The molecule has 0 saturated carbocycles. The lowest BCUT2D eigenvalue weighted by Gasteiger charge is -2.47. The molecule has 4 rings (SSSR count). The van der Waals surface area contributed by atoms with Crippen molar-refractivity contribution in [2.45, 2.75) is 58.4 Å². The van der Waals surface area contributed by atoms with E-state index < -0.39 is 11.4 Å².